The molecule has 1 aliphatic carbocycles. The van der Waals surface area contributed by atoms with E-state index in [1.165, 1.54) is 34.0 Å². The molecule has 1 aromatic carbocycles. The number of aromatic nitrogens is 2. The number of aryl methyl sites for hydroxylation is 3. The molecule has 1 atom stereocenters. The van der Waals surface area contributed by atoms with E-state index in [-0.39, 0.29) is 5.91 Å². The average molecular weight is 398 g/mol. The van der Waals surface area contributed by atoms with Crippen LogP contribution in [0.3, 0.4) is 0 Å². The summed E-state index contributed by atoms with van der Waals surface area (Å²) in [5.41, 5.74) is 3.35. The molecule has 2 heterocycles. The summed E-state index contributed by atoms with van der Waals surface area (Å²) in [6, 6.07) is 7.84. The van der Waals surface area contributed by atoms with E-state index in [0.29, 0.717) is 5.75 Å². The van der Waals surface area contributed by atoms with Crippen molar-refractivity contribution < 1.29 is 4.79 Å². The number of carbonyl (C=O) groups excluding carboxylic acids is 1. The number of hydrogen-bond acceptors (Lipinski definition) is 5. The molecule has 1 N–H and O–H groups in total. The first kappa shape index (κ1) is 18.4. The summed E-state index contributed by atoms with van der Waals surface area (Å²) in [7, 11) is 0. The summed E-state index contributed by atoms with van der Waals surface area (Å²) in [6.45, 7) is 6.24. The van der Waals surface area contributed by atoms with Gasteiger partial charge in [-0.3, -0.25) is 4.79 Å². The Morgan fingerprint density at radius 1 is 1.30 bits per heavy atom. The Balaban J connectivity index is 1.57. The summed E-state index contributed by atoms with van der Waals surface area (Å²) in [6.07, 6.45) is 3.43. The van der Waals surface area contributed by atoms with Gasteiger partial charge in [-0.25, -0.2) is 9.97 Å². The van der Waals surface area contributed by atoms with E-state index in [2.05, 4.69) is 22.2 Å². The van der Waals surface area contributed by atoms with Crippen LogP contribution in [0.25, 0.3) is 10.2 Å². The van der Waals surface area contributed by atoms with Gasteiger partial charge in [-0.2, -0.15) is 0 Å². The molecule has 0 radical (unpaired) electrons. The van der Waals surface area contributed by atoms with Crippen molar-refractivity contribution in [3.8, 4) is 0 Å². The number of nitrogens with zero attached hydrogens (tertiary/aromatic N) is 2. The fourth-order valence-electron chi connectivity index (χ4n) is 3.55. The van der Waals surface area contributed by atoms with Crippen molar-refractivity contribution >= 4 is 44.9 Å². The van der Waals surface area contributed by atoms with Crippen molar-refractivity contribution in [3.63, 3.8) is 0 Å². The highest BCUT2D eigenvalue weighted by molar-refractivity contribution is 8.00. The minimum atomic E-state index is -0.00330. The van der Waals surface area contributed by atoms with E-state index in [0.717, 1.165) is 45.7 Å². The molecule has 6 heteroatoms. The number of fused-ring (bicyclic) bond motifs is 3. The third-order valence-electron chi connectivity index (χ3n) is 4.99. The molecular weight excluding hydrogens is 374 g/mol. The minimum absolute atomic E-state index is 0.00330. The minimum Gasteiger partial charge on any atom is -0.325 e. The Hall–Kier alpha value is -1.92. The molecule has 0 bridgehead atoms. The maximum atomic E-state index is 12.5. The Morgan fingerprint density at radius 2 is 2.11 bits per heavy atom. The van der Waals surface area contributed by atoms with Crippen LogP contribution in [-0.2, 0) is 17.6 Å². The third kappa shape index (κ3) is 3.87. The lowest BCUT2D eigenvalue weighted by Crippen LogP contribution is -2.15. The molecule has 27 heavy (non-hydrogen) atoms. The van der Waals surface area contributed by atoms with Gasteiger partial charge in [-0.1, -0.05) is 36.9 Å². The topological polar surface area (TPSA) is 54.9 Å². The number of para-hydroxylation sites is 1. The second-order valence-corrected chi connectivity index (χ2v) is 9.31. The molecule has 4 nitrogen and oxygen atoms in total. The lowest BCUT2D eigenvalue weighted by molar-refractivity contribution is -0.113. The number of anilines is 1. The molecule has 0 aliphatic heterocycles. The zero-order chi connectivity index (χ0) is 19.0. The van der Waals surface area contributed by atoms with Crippen LogP contribution in [0.4, 0.5) is 5.69 Å². The lowest BCUT2D eigenvalue weighted by atomic mass is 9.89. The molecular formula is C21H23N3OS2. The first-order valence-electron chi connectivity index (χ1n) is 9.28. The number of rotatable bonds is 4. The molecule has 0 fully saturated rings. The van der Waals surface area contributed by atoms with Gasteiger partial charge < -0.3 is 5.32 Å². The maximum Gasteiger partial charge on any atom is 0.234 e. The van der Waals surface area contributed by atoms with E-state index < -0.39 is 0 Å². The van der Waals surface area contributed by atoms with Gasteiger partial charge in [0.25, 0.3) is 0 Å². The predicted octanol–water partition coefficient (Wildman–Crippen LogP) is 5.16. The predicted molar refractivity (Wildman–Crippen MR) is 114 cm³/mol. The number of hydrogen-bond donors (Lipinski definition) is 1. The standard InChI is InChI=1S/C21H23N3OS2/c1-12-8-9-15-17(10-12)27-21-19(15)20(22-14(3)23-21)26-11-18(25)24-16-7-5-4-6-13(16)2/h4-7,12H,8-11H2,1-3H3,(H,24,25). The van der Waals surface area contributed by atoms with Gasteiger partial charge >= 0.3 is 0 Å². The smallest absolute Gasteiger partial charge is 0.234 e. The number of nitrogens with one attached hydrogen (secondary N) is 1. The summed E-state index contributed by atoms with van der Waals surface area (Å²) in [5, 5.41) is 5.13. The Bertz CT molecular complexity index is 1010. The van der Waals surface area contributed by atoms with Crippen LogP contribution in [0, 0.1) is 19.8 Å². The van der Waals surface area contributed by atoms with Crippen LogP contribution in [-0.4, -0.2) is 21.6 Å². The molecule has 3 aromatic rings. The van der Waals surface area contributed by atoms with Gasteiger partial charge in [0.15, 0.2) is 0 Å². The first-order valence-corrected chi connectivity index (χ1v) is 11.1. The van der Waals surface area contributed by atoms with Gasteiger partial charge in [0.2, 0.25) is 5.91 Å². The van der Waals surface area contributed by atoms with Crippen molar-refractivity contribution in [1.29, 1.82) is 0 Å². The normalized spacial score (nSPS) is 16.3. The Kier molecular flexibility index (Phi) is 5.19. The zero-order valence-corrected chi connectivity index (χ0v) is 17.5. The van der Waals surface area contributed by atoms with Crippen molar-refractivity contribution in [2.45, 2.75) is 45.1 Å². The highest BCUT2D eigenvalue weighted by Gasteiger charge is 2.24. The van der Waals surface area contributed by atoms with Gasteiger partial charge in [-0.05, 0) is 56.2 Å². The van der Waals surface area contributed by atoms with Gasteiger partial charge in [-0.15, -0.1) is 11.3 Å². The van der Waals surface area contributed by atoms with Gasteiger partial charge in [0.1, 0.15) is 15.7 Å². The van der Waals surface area contributed by atoms with Crippen molar-refractivity contribution in [2.24, 2.45) is 5.92 Å². The van der Waals surface area contributed by atoms with E-state index in [9.17, 15) is 4.79 Å². The summed E-state index contributed by atoms with van der Waals surface area (Å²) >= 11 is 3.32. The molecule has 2 aromatic heterocycles. The monoisotopic (exact) mass is 397 g/mol. The number of carbonyl (C=O) groups is 1. The van der Waals surface area contributed by atoms with Crippen LogP contribution in [0.5, 0.6) is 0 Å². The third-order valence-corrected chi connectivity index (χ3v) is 7.12. The van der Waals surface area contributed by atoms with E-state index in [4.69, 9.17) is 0 Å². The van der Waals surface area contributed by atoms with E-state index in [1.807, 2.05) is 38.1 Å². The first-order chi connectivity index (χ1) is 13.0. The number of amides is 1. The fourth-order valence-corrected chi connectivity index (χ4v) is 5.94. The Labute approximate surface area is 167 Å². The van der Waals surface area contributed by atoms with Crippen LogP contribution < -0.4 is 5.32 Å². The maximum absolute atomic E-state index is 12.5. The van der Waals surface area contributed by atoms with Crippen molar-refractivity contribution in [3.05, 3.63) is 46.1 Å². The number of thiophene rings is 1. The molecule has 140 valence electrons. The summed E-state index contributed by atoms with van der Waals surface area (Å²) in [4.78, 5) is 24.3. The quantitative estimate of drug-likeness (QED) is 0.488. The molecule has 0 saturated heterocycles. The zero-order valence-electron chi connectivity index (χ0n) is 15.8. The SMILES string of the molecule is Cc1nc(SCC(=O)Nc2ccccc2C)c2c3c(sc2n1)CC(C)CC3. The van der Waals surface area contributed by atoms with Crippen LogP contribution >= 0.6 is 23.1 Å². The van der Waals surface area contributed by atoms with Crippen LogP contribution in [0.15, 0.2) is 29.3 Å². The number of benzene rings is 1. The van der Waals surface area contributed by atoms with Crippen molar-refractivity contribution in [1.82, 2.24) is 9.97 Å². The van der Waals surface area contributed by atoms with Crippen molar-refractivity contribution in [2.75, 3.05) is 11.1 Å². The van der Waals surface area contributed by atoms with E-state index >= 15 is 0 Å². The molecule has 4 rings (SSSR count). The molecule has 0 saturated carbocycles. The second-order valence-electron chi connectivity index (χ2n) is 7.26. The summed E-state index contributed by atoms with van der Waals surface area (Å²) in [5.74, 6) is 1.85. The average Bonchev–Trinajstić information content (AvgIpc) is 2.98. The highest BCUT2D eigenvalue weighted by Crippen LogP contribution is 2.40. The molecule has 1 unspecified atom stereocenters. The molecule has 1 amide bonds. The van der Waals surface area contributed by atoms with Gasteiger partial charge in [0, 0.05) is 16.0 Å². The molecule has 0 spiro atoms. The van der Waals surface area contributed by atoms with Crippen LogP contribution in [0.2, 0.25) is 0 Å². The summed E-state index contributed by atoms with van der Waals surface area (Å²) < 4.78 is 0. The lowest BCUT2D eigenvalue weighted by Gasteiger charge is -2.18. The van der Waals surface area contributed by atoms with Crippen LogP contribution in [0.1, 0.15) is 35.2 Å². The number of thioether (sulfide) groups is 1. The Morgan fingerprint density at radius 3 is 2.93 bits per heavy atom. The molecule has 1 aliphatic rings. The highest BCUT2D eigenvalue weighted by atomic mass is 32.2. The largest absolute Gasteiger partial charge is 0.325 e. The van der Waals surface area contributed by atoms with E-state index in [1.54, 1.807) is 11.3 Å². The van der Waals surface area contributed by atoms with Gasteiger partial charge in [0.05, 0.1) is 5.75 Å². The second kappa shape index (κ2) is 7.60. The fraction of sp³-hybridized carbons (Fsp3) is 0.381.